The van der Waals surface area contributed by atoms with Crippen LogP contribution in [0.25, 0.3) is 0 Å². The molecule has 5 rings (SSSR count). The van der Waals surface area contributed by atoms with Gasteiger partial charge in [-0.15, -0.1) is 0 Å². The van der Waals surface area contributed by atoms with Gasteiger partial charge in [0.15, 0.2) is 5.79 Å². The maximum Gasteiger partial charge on any atom is 0.233 e. The molecule has 3 aromatic rings. The number of rotatable bonds is 7. The average Bonchev–Trinajstić information content (AvgIpc) is 2.90. The predicted molar refractivity (Wildman–Crippen MR) is 145 cm³/mol. The smallest absolute Gasteiger partial charge is 0.233 e. The molecule has 2 saturated heterocycles. The topological polar surface area (TPSA) is 48.0 Å². The van der Waals surface area contributed by atoms with E-state index >= 15 is 0 Å². The number of ether oxygens (including phenoxy) is 2. The summed E-state index contributed by atoms with van der Waals surface area (Å²) in [7, 11) is 2.22. The monoisotopic (exact) mass is 633 g/mol. The molecule has 0 bridgehead atoms. The number of hydrogen-bond acceptors (Lipinski definition) is 4. The van der Waals surface area contributed by atoms with Crippen LogP contribution in [0.3, 0.4) is 0 Å². The Bertz CT molecular complexity index is 1210. The fourth-order valence-corrected chi connectivity index (χ4v) is 5.07. The van der Waals surface area contributed by atoms with E-state index in [-0.39, 0.29) is 75.7 Å². The number of nitrogens with zero attached hydrogens (tertiary/aromatic N) is 1. The van der Waals surface area contributed by atoms with Crippen LogP contribution in [0.5, 0.6) is 5.75 Å². The van der Waals surface area contributed by atoms with Gasteiger partial charge in [-0.3, -0.25) is 10.7 Å². The van der Waals surface area contributed by atoms with E-state index < -0.39 is 5.79 Å². The molecule has 0 N–H and O–H groups in total. The van der Waals surface area contributed by atoms with Crippen LogP contribution in [-0.2, 0) is 52.8 Å². The van der Waals surface area contributed by atoms with Gasteiger partial charge in [-0.1, -0.05) is 37.5 Å². The standard InChI is InChI=1S/C28H27F2NO4P.H2S.Y/c1-18-16-33-28(34-17-18,20-4-6-21(29)7-5-20)15-14-25-26(19-2-12-24(35-36)13-3-19)31(27(25)32)23-10-8-22(30)9-11-23;;/h2-13,25-26H,14-17,36H2,1H3;1H2;/q-1;;/t25-,26-;;/m1../s1. The summed E-state index contributed by atoms with van der Waals surface area (Å²) in [5, 5.41) is 0. The van der Waals surface area contributed by atoms with E-state index in [9.17, 15) is 13.6 Å². The van der Waals surface area contributed by atoms with Crippen molar-refractivity contribution in [2.75, 3.05) is 18.1 Å². The Morgan fingerprint density at radius 3 is 2.08 bits per heavy atom. The summed E-state index contributed by atoms with van der Waals surface area (Å²) in [4.78, 5) is 15.1. The summed E-state index contributed by atoms with van der Waals surface area (Å²) < 4.78 is 44.8. The number of hydrogen-bond donors (Lipinski definition) is 0. The van der Waals surface area contributed by atoms with Crippen LogP contribution in [0.1, 0.15) is 36.9 Å². The van der Waals surface area contributed by atoms with Crippen LogP contribution < -0.4 is 9.42 Å². The first-order chi connectivity index (χ1) is 17.4. The van der Waals surface area contributed by atoms with E-state index in [4.69, 9.17) is 14.0 Å². The number of halogens is 2. The molecule has 2 aliphatic rings. The van der Waals surface area contributed by atoms with Gasteiger partial charge in [-0.25, -0.2) is 8.78 Å². The second kappa shape index (κ2) is 13.3. The average molecular weight is 633 g/mol. The molecule has 1 radical (unpaired) electrons. The molecule has 5 nitrogen and oxygen atoms in total. The van der Waals surface area contributed by atoms with E-state index in [0.717, 1.165) is 17.0 Å². The number of carbonyl (C=O) groups is 1. The van der Waals surface area contributed by atoms with Gasteiger partial charge in [0.2, 0.25) is 5.91 Å². The van der Waals surface area contributed by atoms with Crippen molar-refractivity contribution in [2.24, 2.45) is 5.92 Å². The number of benzene rings is 3. The Balaban J connectivity index is 0.00000200. The Kier molecular flexibility index (Phi) is 10.9. The van der Waals surface area contributed by atoms with Gasteiger partial charge in [0.05, 0.1) is 21.4 Å². The number of β-lactam (4-membered cyclic amide) rings is 1. The molecular formula is C28H29F2NO4PSY-. The summed E-state index contributed by atoms with van der Waals surface area (Å²) in [5.74, 6) is -0.406. The molecule has 1 unspecified atom stereocenters. The number of amides is 1. The molecule has 0 aromatic heterocycles. The van der Waals surface area contributed by atoms with Crippen LogP contribution in [0, 0.1) is 23.5 Å². The normalized spacial score (nSPS) is 20.6. The van der Waals surface area contributed by atoms with Gasteiger partial charge in [-0.2, -0.15) is 20.4 Å². The van der Waals surface area contributed by atoms with Gasteiger partial charge >= 0.3 is 0 Å². The first-order valence-corrected chi connectivity index (χ1v) is 12.3. The zero-order valence-corrected chi connectivity index (χ0v) is 25.9. The molecule has 0 saturated carbocycles. The Hall–Kier alpha value is -1.41. The number of anilines is 1. The molecule has 199 valence electrons. The fourth-order valence-electron chi connectivity index (χ4n) is 4.91. The van der Waals surface area contributed by atoms with Crippen molar-refractivity contribution in [1.82, 2.24) is 0 Å². The van der Waals surface area contributed by atoms with Crippen molar-refractivity contribution in [3.63, 3.8) is 0 Å². The molecule has 3 aromatic carbocycles. The Labute approximate surface area is 256 Å². The molecular weight excluding hydrogens is 604 g/mol. The molecule has 2 aliphatic heterocycles. The third-order valence-corrected chi connectivity index (χ3v) is 7.12. The van der Waals surface area contributed by atoms with Crippen molar-refractivity contribution in [1.29, 1.82) is 0 Å². The van der Waals surface area contributed by atoms with Crippen LogP contribution in [-0.4, -0.2) is 19.1 Å². The minimum absolute atomic E-state index is 0. The largest absolute Gasteiger partial charge is 0.480 e. The molecule has 3 atom stereocenters. The first-order valence-electron chi connectivity index (χ1n) is 11.8. The van der Waals surface area contributed by atoms with Crippen molar-refractivity contribution in [3.05, 3.63) is 101 Å². The third-order valence-electron chi connectivity index (χ3n) is 6.85. The van der Waals surface area contributed by atoms with Crippen LogP contribution in [0.2, 0.25) is 0 Å². The molecule has 10 heteroatoms. The quantitative estimate of drug-likeness (QED) is 0.176. The van der Waals surface area contributed by atoms with Crippen molar-refractivity contribution in [3.8, 4) is 5.75 Å². The van der Waals surface area contributed by atoms with Crippen LogP contribution >= 0.6 is 23.0 Å². The van der Waals surface area contributed by atoms with Crippen molar-refractivity contribution < 1.29 is 60.3 Å². The molecule has 2 fully saturated rings. The van der Waals surface area contributed by atoms with Crippen LogP contribution in [0.15, 0.2) is 72.8 Å². The molecule has 0 spiro atoms. The summed E-state index contributed by atoms with van der Waals surface area (Å²) in [6, 6.07) is 19.3. The Morgan fingerprint density at radius 2 is 1.53 bits per heavy atom. The summed E-state index contributed by atoms with van der Waals surface area (Å²) in [6.07, 6.45) is 0.905. The number of carbonyl (C=O) groups excluding carboxylic acids is 1. The molecule has 1 amide bonds. The van der Waals surface area contributed by atoms with Crippen LogP contribution in [0.4, 0.5) is 14.5 Å². The van der Waals surface area contributed by atoms with Gasteiger partial charge in [-0.05, 0) is 60.5 Å². The van der Waals surface area contributed by atoms with E-state index in [1.165, 1.54) is 24.3 Å². The predicted octanol–water partition coefficient (Wildman–Crippen LogP) is 6.22. The van der Waals surface area contributed by atoms with Gasteiger partial charge < -0.3 is 18.9 Å². The molecule has 0 aliphatic carbocycles. The maximum absolute atomic E-state index is 13.6. The van der Waals surface area contributed by atoms with Gasteiger partial charge in [0.1, 0.15) is 17.4 Å². The minimum Gasteiger partial charge on any atom is -0.480 e. The fraction of sp³-hybridized carbons (Fsp3) is 0.286. The van der Waals surface area contributed by atoms with Crippen molar-refractivity contribution in [2.45, 2.75) is 31.6 Å². The van der Waals surface area contributed by atoms with E-state index in [1.807, 2.05) is 31.2 Å². The zero-order valence-electron chi connectivity index (χ0n) is 20.9. The molecule has 38 heavy (non-hydrogen) atoms. The van der Waals surface area contributed by atoms with Gasteiger partial charge in [0.25, 0.3) is 0 Å². The maximum atomic E-state index is 13.6. The molecule has 2 heterocycles. The van der Waals surface area contributed by atoms with E-state index in [2.05, 4.69) is 9.47 Å². The van der Waals surface area contributed by atoms with E-state index in [0.29, 0.717) is 37.5 Å². The first kappa shape index (κ1) is 31.1. The SMILES string of the molecule is C[C-]1COC(CC[C@H]2C(=O)N(c3ccc(F)cc3)[C@@H]2c2ccc(OP)cc2)(c2ccc(F)cc2)OC1.S.[Y]. The second-order valence-corrected chi connectivity index (χ2v) is 9.49. The summed E-state index contributed by atoms with van der Waals surface area (Å²) >= 11 is 0. The third kappa shape index (κ3) is 6.32. The summed E-state index contributed by atoms with van der Waals surface area (Å²) in [6.45, 7) is 2.82. The second-order valence-electron chi connectivity index (χ2n) is 9.26. The zero-order chi connectivity index (χ0) is 25.3. The minimum atomic E-state index is -1.06. The van der Waals surface area contributed by atoms with Crippen molar-refractivity contribution >= 4 is 34.6 Å². The van der Waals surface area contributed by atoms with E-state index in [1.54, 1.807) is 29.2 Å². The van der Waals surface area contributed by atoms with Gasteiger partial charge in [0, 0.05) is 50.4 Å². The Morgan fingerprint density at radius 1 is 0.974 bits per heavy atom. The summed E-state index contributed by atoms with van der Waals surface area (Å²) in [5.41, 5.74) is 2.30.